The van der Waals surface area contributed by atoms with Crippen LogP contribution in [0.25, 0.3) is 0 Å². The Bertz CT molecular complexity index is 448. The normalized spacial score (nSPS) is 31.7. The third kappa shape index (κ3) is 3.38. The molecule has 0 aromatic rings. The lowest BCUT2D eigenvalue weighted by Gasteiger charge is -2.43. The highest BCUT2D eigenvalue weighted by Crippen LogP contribution is 2.45. The van der Waals surface area contributed by atoms with Crippen LogP contribution in [0.1, 0.15) is 32.6 Å². The van der Waals surface area contributed by atoms with E-state index in [4.69, 9.17) is 0 Å². The van der Waals surface area contributed by atoms with E-state index in [-0.39, 0.29) is 11.3 Å². The van der Waals surface area contributed by atoms with E-state index in [0.29, 0.717) is 24.9 Å². The van der Waals surface area contributed by atoms with E-state index in [0.717, 1.165) is 45.7 Å². The maximum absolute atomic E-state index is 13.2. The molecule has 3 fully saturated rings. The van der Waals surface area contributed by atoms with E-state index in [1.807, 2.05) is 6.92 Å². The molecule has 0 aromatic heterocycles. The van der Waals surface area contributed by atoms with Gasteiger partial charge < -0.3 is 15.5 Å². The Balaban J connectivity index is 1.55. The number of likely N-dealkylation sites (N-methyl/N-ethyl adjacent to an activating group) is 1. The maximum Gasteiger partial charge on any atom is 0.234 e. The number of carbonyl (C=O) groups is 2. The van der Waals surface area contributed by atoms with Crippen LogP contribution < -0.4 is 10.6 Å². The van der Waals surface area contributed by atoms with Gasteiger partial charge in [0.1, 0.15) is 0 Å². The minimum absolute atomic E-state index is 0.0817. The molecule has 0 radical (unpaired) electrons. The van der Waals surface area contributed by atoms with E-state index in [1.54, 1.807) is 0 Å². The van der Waals surface area contributed by atoms with E-state index in [9.17, 15) is 9.59 Å². The van der Waals surface area contributed by atoms with Crippen LogP contribution in [-0.2, 0) is 9.59 Å². The average molecular weight is 322 g/mol. The number of hydrogen-bond acceptors (Lipinski definition) is 4. The molecule has 6 nitrogen and oxygen atoms in total. The van der Waals surface area contributed by atoms with Crippen LogP contribution in [0.5, 0.6) is 0 Å². The van der Waals surface area contributed by atoms with Crippen molar-refractivity contribution in [1.29, 1.82) is 0 Å². The quantitative estimate of drug-likeness (QED) is 0.767. The average Bonchev–Trinajstić information content (AvgIpc) is 3.00. The van der Waals surface area contributed by atoms with Crippen molar-refractivity contribution in [1.82, 2.24) is 20.4 Å². The van der Waals surface area contributed by atoms with Crippen molar-refractivity contribution >= 4 is 11.8 Å². The Kier molecular flexibility index (Phi) is 5.21. The predicted octanol–water partition coefficient (Wildman–Crippen LogP) is 0.0465. The number of amides is 2. The number of piperazine rings is 1. The van der Waals surface area contributed by atoms with Gasteiger partial charge in [-0.25, -0.2) is 0 Å². The van der Waals surface area contributed by atoms with E-state index < -0.39 is 0 Å². The number of nitrogens with zero attached hydrogens (tertiary/aromatic N) is 2. The van der Waals surface area contributed by atoms with Gasteiger partial charge in [0.15, 0.2) is 0 Å². The molecule has 0 aromatic carbocycles. The van der Waals surface area contributed by atoms with Gasteiger partial charge in [0.2, 0.25) is 11.8 Å². The first-order valence-corrected chi connectivity index (χ1v) is 9.15. The van der Waals surface area contributed by atoms with Crippen LogP contribution in [0.4, 0.5) is 0 Å². The lowest BCUT2D eigenvalue weighted by molar-refractivity contribution is -0.147. The molecule has 2 saturated heterocycles. The highest BCUT2D eigenvalue weighted by atomic mass is 16.2. The lowest BCUT2D eigenvalue weighted by atomic mass is 9.67. The largest absolute Gasteiger partial charge is 0.355 e. The van der Waals surface area contributed by atoms with Crippen molar-refractivity contribution < 1.29 is 9.59 Å². The SMILES string of the molecule is CCNC(=O)CN1CCN(C(=O)[C@@]23CCCC[C@H]2CNC3)CC1. The van der Waals surface area contributed by atoms with Crippen LogP contribution >= 0.6 is 0 Å². The van der Waals surface area contributed by atoms with Crippen molar-refractivity contribution in [2.45, 2.75) is 32.6 Å². The molecule has 2 atom stereocenters. The van der Waals surface area contributed by atoms with E-state index in [2.05, 4.69) is 20.4 Å². The van der Waals surface area contributed by atoms with Gasteiger partial charge in [-0.1, -0.05) is 12.8 Å². The number of rotatable bonds is 4. The van der Waals surface area contributed by atoms with Gasteiger partial charge in [-0.2, -0.15) is 0 Å². The predicted molar refractivity (Wildman–Crippen MR) is 89.0 cm³/mol. The molecular weight excluding hydrogens is 292 g/mol. The summed E-state index contributed by atoms with van der Waals surface area (Å²) in [7, 11) is 0. The van der Waals surface area contributed by atoms with Crippen LogP contribution in [0.15, 0.2) is 0 Å². The third-order valence-electron chi connectivity index (χ3n) is 5.86. The Hall–Kier alpha value is -1.14. The molecule has 2 heterocycles. The summed E-state index contributed by atoms with van der Waals surface area (Å²) in [5, 5.41) is 6.30. The first-order chi connectivity index (χ1) is 11.2. The van der Waals surface area contributed by atoms with Gasteiger partial charge >= 0.3 is 0 Å². The fourth-order valence-corrected chi connectivity index (χ4v) is 4.55. The first-order valence-electron chi connectivity index (χ1n) is 9.15. The Morgan fingerprint density at radius 2 is 2.00 bits per heavy atom. The smallest absolute Gasteiger partial charge is 0.234 e. The van der Waals surface area contributed by atoms with Gasteiger partial charge in [-0.3, -0.25) is 14.5 Å². The second-order valence-electron chi connectivity index (χ2n) is 7.25. The molecule has 3 aliphatic rings. The van der Waals surface area contributed by atoms with Crippen molar-refractivity contribution in [3.63, 3.8) is 0 Å². The summed E-state index contributed by atoms with van der Waals surface area (Å²) in [5.74, 6) is 0.972. The molecule has 2 N–H and O–H groups in total. The molecule has 0 unspecified atom stereocenters. The van der Waals surface area contributed by atoms with Gasteiger partial charge in [-0.05, 0) is 32.2 Å². The molecule has 1 aliphatic carbocycles. The zero-order chi connectivity index (χ0) is 16.3. The molecule has 130 valence electrons. The van der Waals surface area contributed by atoms with Gasteiger partial charge in [0.05, 0.1) is 12.0 Å². The summed E-state index contributed by atoms with van der Waals surface area (Å²) >= 11 is 0. The van der Waals surface area contributed by atoms with Crippen molar-refractivity contribution in [3.05, 3.63) is 0 Å². The lowest BCUT2D eigenvalue weighted by Crippen LogP contribution is -2.56. The molecule has 6 heteroatoms. The van der Waals surface area contributed by atoms with Crippen LogP contribution in [0, 0.1) is 11.3 Å². The molecule has 1 saturated carbocycles. The summed E-state index contributed by atoms with van der Waals surface area (Å²) in [6, 6.07) is 0. The van der Waals surface area contributed by atoms with Crippen LogP contribution in [0.3, 0.4) is 0 Å². The minimum Gasteiger partial charge on any atom is -0.355 e. The Morgan fingerprint density at radius 1 is 1.22 bits per heavy atom. The molecule has 0 spiro atoms. The van der Waals surface area contributed by atoms with E-state index in [1.165, 1.54) is 19.3 Å². The fourth-order valence-electron chi connectivity index (χ4n) is 4.55. The summed E-state index contributed by atoms with van der Waals surface area (Å²) in [5.41, 5.74) is -0.139. The van der Waals surface area contributed by atoms with Gasteiger partial charge in [0, 0.05) is 39.3 Å². The highest BCUT2D eigenvalue weighted by molar-refractivity contribution is 5.84. The number of carbonyl (C=O) groups excluding carboxylic acids is 2. The van der Waals surface area contributed by atoms with Crippen LogP contribution in [0.2, 0.25) is 0 Å². The van der Waals surface area contributed by atoms with Crippen molar-refractivity contribution in [3.8, 4) is 0 Å². The zero-order valence-electron chi connectivity index (χ0n) is 14.3. The van der Waals surface area contributed by atoms with Crippen molar-refractivity contribution in [2.24, 2.45) is 11.3 Å². The summed E-state index contributed by atoms with van der Waals surface area (Å²) in [6.45, 7) is 8.04. The third-order valence-corrected chi connectivity index (χ3v) is 5.86. The zero-order valence-corrected chi connectivity index (χ0v) is 14.3. The molecule has 2 aliphatic heterocycles. The van der Waals surface area contributed by atoms with E-state index >= 15 is 0 Å². The summed E-state index contributed by atoms with van der Waals surface area (Å²) in [4.78, 5) is 29.1. The number of nitrogens with one attached hydrogen (secondary N) is 2. The molecule has 0 bridgehead atoms. The number of fused-ring (bicyclic) bond motifs is 1. The molecule has 3 rings (SSSR count). The monoisotopic (exact) mass is 322 g/mol. The molecule has 23 heavy (non-hydrogen) atoms. The number of hydrogen-bond donors (Lipinski definition) is 2. The standard InChI is InChI=1S/C17H30N4O2/c1-2-19-15(22)12-20-7-9-21(10-8-20)16(23)17-6-4-3-5-14(17)11-18-13-17/h14,18H,2-13H2,1H3,(H,19,22)/t14-,17+/m0/s1. The maximum atomic E-state index is 13.2. The summed E-state index contributed by atoms with van der Waals surface area (Å²) < 4.78 is 0. The highest BCUT2D eigenvalue weighted by Gasteiger charge is 2.51. The molecule has 2 amide bonds. The minimum atomic E-state index is -0.139. The summed E-state index contributed by atoms with van der Waals surface area (Å²) in [6.07, 6.45) is 4.68. The Morgan fingerprint density at radius 3 is 2.74 bits per heavy atom. The van der Waals surface area contributed by atoms with Crippen LogP contribution in [-0.4, -0.2) is 74.0 Å². The second kappa shape index (κ2) is 7.18. The fraction of sp³-hybridized carbons (Fsp3) is 0.882. The van der Waals surface area contributed by atoms with Gasteiger partial charge in [-0.15, -0.1) is 0 Å². The van der Waals surface area contributed by atoms with Gasteiger partial charge in [0.25, 0.3) is 0 Å². The second-order valence-corrected chi connectivity index (χ2v) is 7.25. The molecular formula is C17H30N4O2. The Labute approximate surface area is 139 Å². The van der Waals surface area contributed by atoms with Crippen molar-refractivity contribution in [2.75, 3.05) is 52.4 Å². The topological polar surface area (TPSA) is 64.7 Å². The first kappa shape index (κ1) is 16.7.